The number of rotatable bonds is 4. The molecule has 2 aromatic heterocycles. The molecular formula is C74H70BN3S2. The quantitative estimate of drug-likeness (QED) is 0.163. The van der Waals surface area contributed by atoms with Crippen molar-refractivity contribution >= 4 is 132 Å². The van der Waals surface area contributed by atoms with E-state index in [1.807, 2.05) is 22.7 Å². The Labute approximate surface area is 481 Å². The third kappa shape index (κ3) is 7.16. The van der Waals surface area contributed by atoms with Crippen LogP contribution in [0.4, 0.5) is 45.5 Å². The van der Waals surface area contributed by atoms with Crippen molar-refractivity contribution in [2.45, 2.75) is 129 Å². The molecule has 11 aromatic rings. The lowest BCUT2D eigenvalue weighted by Crippen LogP contribution is -2.61. The van der Waals surface area contributed by atoms with E-state index < -0.39 is 0 Å². The molecule has 9 aromatic carbocycles. The van der Waals surface area contributed by atoms with Crippen LogP contribution >= 0.6 is 22.7 Å². The van der Waals surface area contributed by atoms with Crippen molar-refractivity contribution in [3.05, 3.63) is 198 Å². The molecule has 1 saturated carbocycles. The summed E-state index contributed by atoms with van der Waals surface area (Å²) in [6.07, 6.45) is 4.72. The van der Waals surface area contributed by atoms with E-state index in [2.05, 4.69) is 267 Å². The maximum absolute atomic E-state index is 2.85. The Morgan fingerprint density at radius 1 is 0.425 bits per heavy atom. The second-order valence-corrected chi connectivity index (χ2v) is 29.4. The van der Waals surface area contributed by atoms with E-state index in [4.69, 9.17) is 0 Å². The fraction of sp³-hybridized carbons (Fsp3) is 0.270. The summed E-state index contributed by atoms with van der Waals surface area (Å²) in [4.78, 5) is 8.29. The number of nitrogens with zero attached hydrogens (tertiary/aromatic N) is 3. The molecule has 0 saturated heterocycles. The summed E-state index contributed by atoms with van der Waals surface area (Å²) in [7, 11) is 0. The molecule has 1 fully saturated rings. The SMILES string of the molecule is CC(C)(C)c1ccc2c(c1)B1c3cc4c(cc3N(c3ccc(C(C)(C)C)cc3-c3ccccc3)c3cc(N5c6ccc(C(C)(C)C)cc6C6(C)CCCCC56C)cc(c31)N2c1cccc2c1sc1ccccc12)sc1ccccc14. The average molecular weight is 1080 g/mol. The van der Waals surface area contributed by atoms with Crippen LogP contribution in [0.15, 0.2) is 176 Å². The van der Waals surface area contributed by atoms with E-state index in [9.17, 15) is 0 Å². The Bertz CT molecular complexity index is 4390. The Balaban J connectivity index is 1.12. The first-order valence-corrected chi connectivity index (χ1v) is 30.9. The molecule has 4 aliphatic rings. The maximum Gasteiger partial charge on any atom is 0.252 e. The third-order valence-corrected chi connectivity index (χ3v) is 21.8. The molecule has 1 aliphatic carbocycles. The maximum atomic E-state index is 2.85. The Kier molecular flexibility index (Phi) is 10.7. The Hall–Kier alpha value is -7.12. The number of benzene rings is 9. The largest absolute Gasteiger partial charge is 0.334 e. The minimum atomic E-state index is -0.181. The summed E-state index contributed by atoms with van der Waals surface area (Å²) in [6, 6.07) is 69.3. The van der Waals surface area contributed by atoms with E-state index in [-0.39, 0.29) is 33.9 Å². The summed E-state index contributed by atoms with van der Waals surface area (Å²) in [5, 5.41) is 5.28. The van der Waals surface area contributed by atoms with Gasteiger partial charge in [0.25, 0.3) is 6.71 Å². The van der Waals surface area contributed by atoms with Crippen LogP contribution in [0.5, 0.6) is 0 Å². The highest BCUT2D eigenvalue weighted by Gasteiger charge is 2.58. The standard InChI is InChI=1S/C74H70BN3S2/c1-70(2,3)46-30-33-58(53(38-46)45-22-13-12-14-23-45)76-62-44-67-54(51-25-16-17-28-65(51)79-67)43-57(62)75-56-40-48(72(7,8)9)32-35-60(56)77(61-27-21-26-52-50-24-15-18-29-66(50)80-69(52)61)64-42-49(41-63(76)68(64)75)78-59-34-31-47(71(4,5)6)39-55(59)73(10)36-19-20-37-74(73,78)11/h12-18,21-35,38-44H,19-20,36-37H2,1-11H3. The summed E-state index contributed by atoms with van der Waals surface area (Å²) in [5.74, 6) is 0. The fourth-order valence-electron chi connectivity index (χ4n) is 14.9. The Morgan fingerprint density at radius 2 is 0.988 bits per heavy atom. The van der Waals surface area contributed by atoms with Crippen LogP contribution in [0, 0.1) is 0 Å². The first-order valence-electron chi connectivity index (χ1n) is 29.2. The van der Waals surface area contributed by atoms with Crippen LogP contribution in [-0.4, -0.2) is 12.3 Å². The second-order valence-electron chi connectivity index (χ2n) is 27.3. The van der Waals surface area contributed by atoms with Crippen LogP contribution in [0.2, 0.25) is 0 Å². The summed E-state index contributed by atoms with van der Waals surface area (Å²) in [5.41, 5.74) is 21.8. The molecule has 0 radical (unpaired) electrons. The molecule has 2 atom stereocenters. The molecule has 5 heterocycles. The van der Waals surface area contributed by atoms with Crippen molar-refractivity contribution in [3.63, 3.8) is 0 Å². The summed E-state index contributed by atoms with van der Waals surface area (Å²) >= 11 is 3.86. The predicted molar refractivity (Wildman–Crippen MR) is 351 cm³/mol. The van der Waals surface area contributed by atoms with E-state index >= 15 is 0 Å². The van der Waals surface area contributed by atoms with Gasteiger partial charge in [0.05, 0.1) is 21.6 Å². The van der Waals surface area contributed by atoms with Crippen LogP contribution in [0.25, 0.3) is 51.5 Å². The lowest BCUT2D eigenvalue weighted by atomic mass is 9.33. The van der Waals surface area contributed by atoms with E-state index in [1.165, 1.54) is 148 Å². The van der Waals surface area contributed by atoms with Crippen molar-refractivity contribution in [3.8, 4) is 11.1 Å². The molecule has 15 rings (SSSR count). The minimum absolute atomic E-state index is 0.0238. The smallest absolute Gasteiger partial charge is 0.252 e. The summed E-state index contributed by atoms with van der Waals surface area (Å²) in [6.45, 7) is 26.5. The van der Waals surface area contributed by atoms with E-state index in [1.54, 1.807) is 0 Å². The van der Waals surface area contributed by atoms with E-state index in [0.29, 0.717) is 0 Å². The van der Waals surface area contributed by atoms with Gasteiger partial charge in [-0.3, -0.25) is 0 Å². The highest BCUT2D eigenvalue weighted by molar-refractivity contribution is 7.26. The lowest BCUT2D eigenvalue weighted by molar-refractivity contribution is 0.195. The number of fused-ring (bicyclic) bond motifs is 13. The first-order chi connectivity index (χ1) is 38.3. The van der Waals surface area contributed by atoms with Gasteiger partial charge in [0.1, 0.15) is 0 Å². The van der Waals surface area contributed by atoms with Gasteiger partial charge in [0.2, 0.25) is 0 Å². The third-order valence-electron chi connectivity index (χ3n) is 19.5. The van der Waals surface area contributed by atoms with Crippen LogP contribution in [0.3, 0.4) is 0 Å². The molecule has 0 bridgehead atoms. The molecular weight excluding hydrogens is 1010 g/mol. The zero-order chi connectivity index (χ0) is 55.0. The normalized spacial score (nSPS) is 18.7. The van der Waals surface area contributed by atoms with Crippen molar-refractivity contribution in [2.24, 2.45) is 0 Å². The van der Waals surface area contributed by atoms with Crippen molar-refractivity contribution in [2.75, 3.05) is 14.7 Å². The zero-order valence-corrected chi connectivity index (χ0v) is 49.9. The monoisotopic (exact) mass is 1080 g/mol. The molecule has 0 amide bonds. The number of thiophene rings is 2. The van der Waals surface area contributed by atoms with Gasteiger partial charge >= 0.3 is 0 Å². The van der Waals surface area contributed by atoms with Gasteiger partial charge in [0.15, 0.2) is 0 Å². The van der Waals surface area contributed by atoms with Gasteiger partial charge < -0.3 is 14.7 Å². The number of hydrogen-bond donors (Lipinski definition) is 0. The van der Waals surface area contributed by atoms with E-state index in [0.717, 1.165) is 12.8 Å². The van der Waals surface area contributed by atoms with Crippen LogP contribution in [0.1, 0.15) is 124 Å². The molecule has 80 heavy (non-hydrogen) atoms. The highest BCUT2D eigenvalue weighted by atomic mass is 32.1. The molecule has 396 valence electrons. The fourth-order valence-corrected chi connectivity index (χ4v) is 17.2. The van der Waals surface area contributed by atoms with Crippen molar-refractivity contribution in [1.82, 2.24) is 0 Å². The van der Waals surface area contributed by atoms with Gasteiger partial charge in [-0.2, -0.15) is 0 Å². The van der Waals surface area contributed by atoms with Crippen LogP contribution in [-0.2, 0) is 21.7 Å². The number of hydrogen-bond acceptors (Lipinski definition) is 5. The molecule has 3 nitrogen and oxygen atoms in total. The average Bonchev–Trinajstić information content (AvgIpc) is 3.94. The summed E-state index contributed by atoms with van der Waals surface area (Å²) < 4.78 is 5.27. The van der Waals surface area contributed by atoms with Gasteiger partial charge in [-0.15, -0.1) is 22.7 Å². The Morgan fingerprint density at radius 3 is 1.69 bits per heavy atom. The van der Waals surface area contributed by atoms with Gasteiger partial charge in [-0.05, 0) is 146 Å². The highest BCUT2D eigenvalue weighted by Crippen LogP contribution is 2.63. The molecule has 2 unspecified atom stereocenters. The second kappa shape index (κ2) is 17.2. The molecule has 6 heteroatoms. The van der Waals surface area contributed by atoms with Crippen molar-refractivity contribution in [1.29, 1.82) is 0 Å². The van der Waals surface area contributed by atoms with Crippen LogP contribution < -0.4 is 31.1 Å². The first kappa shape index (κ1) is 49.9. The minimum Gasteiger partial charge on any atom is -0.334 e. The van der Waals surface area contributed by atoms with Crippen molar-refractivity contribution < 1.29 is 0 Å². The number of anilines is 8. The molecule has 0 N–H and O–H groups in total. The molecule has 3 aliphatic heterocycles. The van der Waals surface area contributed by atoms with Gasteiger partial charge in [-0.25, -0.2) is 0 Å². The topological polar surface area (TPSA) is 9.72 Å². The van der Waals surface area contributed by atoms with Gasteiger partial charge in [-0.1, -0.05) is 197 Å². The predicted octanol–water partition coefficient (Wildman–Crippen LogP) is 19.8. The molecule has 0 spiro atoms. The zero-order valence-electron chi connectivity index (χ0n) is 48.3. The van der Waals surface area contributed by atoms with Gasteiger partial charge in [0, 0.05) is 75.4 Å². The lowest BCUT2D eigenvalue weighted by Gasteiger charge is -2.51.